The first kappa shape index (κ1) is 31.5. The Labute approximate surface area is 470 Å². The molecule has 3 heteroatoms. The van der Waals surface area contributed by atoms with Crippen molar-refractivity contribution in [3.8, 4) is 33.4 Å². The Morgan fingerprint density at radius 1 is 0.289 bits per heavy atom. The number of rotatable bonds is 3. The molecule has 0 N–H and O–H groups in total. The molecule has 0 aliphatic carbocycles. The molecule has 0 radical (unpaired) electrons. The van der Waals surface area contributed by atoms with Crippen molar-refractivity contribution >= 4 is 124 Å². The molecule has 14 aromatic carbocycles. The minimum absolute atomic E-state index is 0.179. The fourth-order valence-corrected chi connectivity index (χ4v) is 11.1. The zero-order valence-corrected chi connectivity index (χ0v) is 41.9. The van der Waals surface area contributed by atoms with Crippen LogP contribution in [0.3, 0.4) is 0 Å². The lowest BCUT2D eigenvalue weighted by molar-refractivity contribution is 0.669. The predicted molar refractivity (Wildman–Crippen MR) is 328 cm³/mol. The largest absolute Gasteiger partial charge is 0.456 e. The Morgan fingerprint density at radius 2 is 0.618 bits per heavy atom. The van der Waals surface area contributed by atoms with Gasteiger partial charge in [0.1, 0.15) is 22.3 Å². The van der Waals surface area contributed by atoms with Crippen LogP contribution in [0, 0.1) is 6.92 Å². The van der Waals surface area contributed by atoms with Gasteiger partial charge in [-0.15, -0.1) is 0 Å². The Morgan fingerprint density at radius 3 is 1.05 bits per heavy atom. The highest BCUT2D eigenvalue weighted by molar-refractivity contribution is 9.10. The van der Waals surface area contributed by atoms with E-state index in [1.54, 1.807) is 60.7 Å². The van der Waals surface area contributed by atoms with Crippen molar-refractivity contribution in [2.45, 2.75) is 6.92 Å². The third-order valence-electron chi connectivity index (χ3n) is 13.9. The Bertz CT molecular complexity index is 5710. The van der Waals surface area contributed by atoms with Crippen LogP contribution in [0.1, 0.15) is 27.5 Å². The van der Waals surface area contributed by atoms with E-state index in [0.29, 0.717) is 44.5 Å². The van der Waals surface area contributed by atoms with E-state index < -0.39 is 48.3 Å². The number of halogens is 1. The minimum atomic E-state index is -0.426. The number of fused-ring (bicyclic) bond motifs is 12. The van der Waals surface area contributed by atoms with E-state index >= 15 is 0 Å². The molecular formula is C73H47BrO2. The van der Waals surface area contributed by atoms with Crippen LogP contribution in [-0.4, -0.2) is 0 Å². The quantitative estimate of drug-likeness (QED) is 0.165. The molecule has 0 aliphatic heterocycles. The van der Waals surface area contributed by atoms with E-state index in [-0.39, 0.29) is 95.9 Å². The van der Waals surface area contributed by atoms with Gasteiger partial charge >= 0.3 is 0 Å². The molecule has 0 saturated carbocycles. The lowest BCUT2D eigenvalue weighted by Crippen LogP contribution is -1.90. The van der Waals surface area contributed by atoms with Gasteiger partial charge < -0.3 is 8.83 Å². The van der Waals surface area contributed by atoms with Crippen LogP contribution in [0.4, 0.5) is 0 Å². The molecular weight excluding hydrogens is 989 g/mol. The molecule has 358 valence electrons. The molecule has 0 amide bonds. The van der Waals surface area contributed by atoms with Crippen molar-refractivity contribution in [2.24, 2.45) is 0 Å². The average Bonchev–Trinajstić information content (AvgIpc) is 0.882. The molecule has 0 spiro atoms. The van der Waals surface area contributed by atoms with Crippen molar-refractivity contribution in [2.75, 3.05) is 0 Å². The van der Waals surface area contributed by atoms with Gasteiger partial charge in [-0.2, -0.15) is 0 Å². The van der Waals surface area contributed by atoms with Gasteiger partial charge in [0.15, 0.2) is 0 Å². The minimum Gasteiger partial charge on any atom is -0.456 e. The first-order chi connectivity index (χ1) is 44.2. The van der Waals surface area contributed by atoms with Crippen LogP contribution in [0.5, 0.6) is 0 Å². The SMILES string of the molecule is Cc1ccc2c(c1)oc1cc3ccccc3cc12.[2H]c1c([2H])c([2H])c2c(-c3ccc4c(c3)oc3cc5ccccc5cc34)c3c([2H])c([2H])c([2H])c([2H])c3c(-c3ccccc3)c2c1[2H].[2H]c1c([2H])c([2H])c2c(-c3ccccc3)c3c([2H])c([2H])c([2H])c([2H])c3c(Br)c2c1[2H]. The third-order valence-corrected chi connectivity index (χ3v) is 14.7. The fraction of sp³-hybridized carbons (Fsp3) is 0.0137. The number of hydrogen-bond acceptors (Lipinski definition) is 2. The number of furan rings is 2. The molecule has 2 aromatic heterocycles. The van der Waals surface area contributed by atoms with E-state index in [0.717, 1.165) is 32.7 Å². The molecule has 0 saturated heterocycles. The summed E-state index contributed by atoms with van der Waals surface area (Å²) in [5.41, 5.74) is 7.09. The molecule has 0 unspecified atom stereocenters. The number of hydrogen-bond donors (Lipinski definition) is 0. The maximum Gasteiger partial charge on any atom is 0.136 e. The normalized spacial score (nSPS) is 14.5. The molecule has 16 rings (SSSR count). The van der Waals surface area contributed by atoms with Crippen LogP contribution < -0.4 is 0 Å². The zero-order chi connectivity index (χ0) is 64.6. The smallest absolute Gasteiger partial charge is 0.136 e. The van der Waals surface area contributed by atoms with Gasteiger partial charge in [-0.25, -0.2) is 0 Å². The summed E-state index contributed by atoms with van der Waals surface area (Å²) in [7, 11) is 0. The summed E-state index contributed by atoms with van der Waals surface area (Å²) in [4.78, 5) is 0. The molecule has 2 heterocycles. The third kappa shape index (κ3) is 7.87. The van der Waals surface area contributed by atoms with Crippen molar-refractivity contribution in [1.29, 1.82) is 0 Å². The average molecular weight is 1050 g/mol. The topological polar surface area (TPSA) is 26.3 Å². The Hall–Kier alpha value is -9.28. The lowest BCUT2D eigenvalue weighted by Gasteiger charge is -2.17. The van der Waals surface area contributed by atoms with Gasteiger partial charge in [-0.05, 0) is 169 Å². The number of benzene rings is 14. The van der Waals surface area contributed by atoms with Crippen LogP contribution in [0.25, 0.3) is 142 Å². The van der Waals surface area contributed by atoms with Gasteiger partial charge in [-0.3, -0.25) is 0 Å². The van der Waals surface area contributed by atoms with E-state index in [4.69, 9.17) is 30.8 Å². The molecule has 2 nitrogen and oxygen atoms in total. The lowest BCUT2D eigenvalue weighted by atomic mass is 9.86. The molecule has 0 fully saturated rings. The van der Waals surface area contributed by atoms with E-state index in [9.17, 15) is 0 Å². The highest BCUT2D eigenvalue weighted by atomic mass is 79.9. The summed E-state index contributed by atoms with van der Waals surface area (Å²) in [6, 6.07) is 49.0. The van der Waals surface area contributed by atoms with E-state index in [1.807, 2.05) is 48.5 Å². The molecule has 16 aromatic rings. The summed E-state index contributed by atoms with van der Waals surface area (Å²) < 4.78 is 149. The van der Waals surface area contributed by atoms with Crippen molar-refractivity contribution in [3.05, 3.63) is 277 Å². The van der Waals surface area contributed by atoms with Crippen LogP contribution in [0.2, 0.25) is 0 Å². The second kappa shape index (κ2) is 18.9. The van der Waals surface area contributed by atoms with Gasteiger partial charge in [0.05, 0.1) is 21.9 Å². The van der Waals surface area contributed by atoms with Crippen LogP contribution >= 0.6 is 15.9 Å². The Kier molecular flexibility index (Phi) is 7.82. The summed E-state index contributed by atoms with van der Waals surface area (Å²) in [5.74, 6) is 0. The monoisotopic (exact) mass is 1050 g/mol. The predicted octanol–water partition coefficient (Wildman–Crippen LogP) is 21.8. The number of aryl methyl sites for hydroxylation is 1. The second-order valence-electron chi connectivity index (χ2n) is 18.5. The maximum atomic E-state index is 9.10. The molecule has 0 bridgehead atoms. The van der Waals surface area contributed by atoms with Crippen LogP contribution in [0.15, 0.2) is 280 Å². The van der Waals surface area contributed by atoms with Gasteiger partial charge in [0, 0.05) is 26.0 Å². The van der Waals surface area contributed by atoms with Crippen molar-refractivity contribution < 1.29 is 30.8 Å². The van der Waals surface area contributed by atoms with Gasteiger partial charge in [-0.1, -0.05) is 224 Å². The summed E-state index contributed by atoms with van der Waals surface area (Å²) >= 11 is 3.38. The summed E-state index contributed by atoms with van der Waals surface area (Å²) in [6.45, 7) is 2.09. The molecule has 0 atom stereocenters. The maximum absolute atomic E-state index is 9.10. The Balaban J connectivity index is 0.000000133. The summed E-state index contributed by atoms with van der Waals surface area (Å²) in [5, 5.41) is 10.3. The second-order valence-corrected chi connectivity index (χ2v) is 19.3. The molecule has 76 heavy (non-hydrogen) atoms. The van der Waals surface area contributed by atoms with E-state index in [1.165, 1.54) is 27.1 Å². The molecule has 0 aliphatic rings. The van der Waals surface area contributed by atoms with E-state index in [2.05, 4.69) is 83.5 Å². The van der Waals surface area contributed by atoms with Gasteiger partial charge in [0.25, 0.3) is 0 Å². The highest BCUT2D eigenvalue weighted by Crippen LogP contribution is 2.46. The van der Waals surface area contributed by atoms with Gasteiger partial charge in [0.2, 0.25) is 0 Å². The van der Waals surface area contributed by atoms with Crippen molar-refractivity contribution in [1.82, 2.24) is 0 Å². The van der Waals surface area contributed by atoms with Crippen LogP contribution in [-0.2, 0) is 0 Å². The highest BCUT2D eigenvalue weighted by Gasteiger charge is 2.19. The first-order valence-electron chi connectivity index (χ1n) is 32.5. The zero-order valence-electron chi connectivity index (χ0n) is 56.4. The first-order valence-corrected chi connectivity index (χ1v) is 25.3. The standard InChI is InChI=1S/C36H22O.C20H13Br.C17H12O/c1-2-10-23(11-3-1)35-28-14-6-8-16-30(28)36(31-17-9-7-15-29(31)35)26-18-19-27-32-20-24-12-4-5-13-25(24)21-34(32)37-33(27)22-26;21-20-17-12-6-4-10-15(17)19(14-8-2-1-3-9-14)16-11-5-7-13-18(16)20;1-11-6-7-14-15-9-12-4-2-3-5-13(12)10-17(15)18-16(14)8-11/h1-22H;1-13H;2-10H,1H3/i6D,7D,8D,9D,14D,15D,16D,17D;4D,5D,6D,7D,10D,11D,12D,13D;. The summed E-state index contributed by atoms with van der Waals surface area (Å²) in [6.07, 6.45) is 0. The fourth-order valence-electron chi connectivity index (χ4n) is 10.5. The van der Waals surface area contributed by atoms with Crippen molar-refractivity contribution in [3.63, 3.8) is 0 Å².